The van der Waals surface area contributed by atoms with Crippen LogP contribution in [0.3, 0.4) is 0 Å². The Hall–Kier alpha value is -0.550. The molecule has 1 aromatic rings. The highest BCUT2D eigenvalue weighted by Crippen LogP contribution is 2.23. The molecule has 23 heavy (non-hydrogen) atoms. The first kappa shape index (κ1) is 18.8. The first-order chi connectivity index (χ1) is 10.9. The van der Waals surface area contributed by atoms with Gasteiger partial charge >= 0.3 is 0 Å². The van der Waals surface area contributed by atoms with Gasteiger partial charge in [0.1, 0.15) is 0 Å². The van der Waals surface area contributed by atoms with Gasteiger partial charge in [-0.2, -0.15) is 0 Å². The maximum Gasteiger partial charge on any atom is 0.0446 e. The highest BCUT2D eigenvalue weighted by molar-refractivity contribution is 7.98. The molecule has 1 N–H and O–H groups in total. The van der Waals surface area contributed by atoms with E-state index in [0.29, 0.717) is 11.5 Å². The van der Waals surface area contributed by atoms with E-state index in [1.165, 1.54) is 10.5 Å². The molecule has 1 heterocycles. The van der Waals surface area contributed by atoms with Crippen LogP contribution in [0.15, 0.2) is 29.2 Å². The van der Waals surface area contributed by atoms with Gasteiger partial charge in [-0.1, -0.05) is 32.9 Å². The molecule has 0 radical (unpaired) electrons. The normalized spacial score (nSPS) is 20.8. The van der Waals surface area contributed by atoms with E-state index < -0.39 is 0 Å². The third kappa shape index (κ3) is 6.11. The van der Waals surface area contributed by atoms with Crippen molar-refractivity contribution in [2.45, 2.75) is 44.7 Å². The predicted molar refractivity (Wildman–Crippen MR) is 100 cm³/mol. The lowest BCUT2D eigenvalue weighted by Gasteiger charge is -2.44. The second-order valence-corrected chi connectivity index (χ2v) is 8.66. The molecule has 1 aromatic carbocycles. The highest BCUT2D eigenvalue weighted by atomic mass is 32.2. The standard InChI is InChI=1S/C19H32N2OS/c1-19(2,3)15-21-10-9-20(14-17(21)8-11-22)13-16-6-5-7-18(12-16)23-4/h5-7,12,17,22H,8-11,13-15H2,1-4H3. The minimum Gasteiger partial charge on any atom is -0.396 e. The number of nitrogens with zero attached hydrogens (tertiary/aromatic N) is 2. The Labute approximate surface area is 146 Å². The summed E-state index contributed by atoms with van der Waals surface area (Å²) >= 11 is 1.80. The number of hydrogen-bond donors (Lipinski definition) is 1. The van der Waals surface area contributed by atoms with E-state index in [1.54, 1.807) is 11.8 Å². The van der Waals surface area contributed by atoms with Crippen molar-refractivity contribution in [2.24, 2.45) is 5.41 Å². The molecule has 1 aliphatic rings. The third-order valence-electron chi connectivity index (χ3n) is 4.37. The van der Waals surface area contributed by atoms with Gasteiger partial charge in [0.15, 0.2) is 0 Å². The Morgan fingerprint density at radius 3 is 2.70 bits per heavy atom. The second kappa shape index (κ2) is 8.52. The van der Waals surface area contributed by atoms with E-state index in [4.69, 9.17) is 0 Å². The fourth-order valence-corrected chi connectivity index (χ4v) is 3.85. The average molecular weight is 337 g/mol. The molecule has 0 bridgehead atoms. The molecular weight excluding hydrogens is 304 g/mol. The summed E-state index contributed by atoms with van der Waals surface area (Å²) in [6.07, 6.45) is 3.00. The van der Waals surface area contributed by atoms with E-state index in [9.17, 15) is 5.11 Å². The molecule has 0 aromatic heterocycles. The summed E-state index contributed by atoms with van der Waals surface area (Å²) in [7, 11) is 0. The first-order valence-electron chi connectivity index (χ1n) is 8.61. The van der Waals surface area contributed by atoms with Crippen LogP contribution in [0.5, 0.6) is 0 Å². The Balaban J connectivity index is 1.97. The minimum atomic E-state index is 0.279. The summed E-state index contributed by atoms with van der Waals surface area (Å²) in [4.78, 5) is 6.45. The lowest BCUT2D eigenvalue weighted by Crippen LogP contribution is -2.54. The van der Waals surface area contributed by atoms with Gasteiger partial charge in [0.2, 0.25) is 0 Å². The van der Waals surface area contributed by atoms with Crippen LogP contribution in [0, 0.1) is 5.41 Å². The number of rotatable bonds is 6. The molecule has 1 fully saturated rings. The van der Waals surface area contributed by atoms with Gasteiger partial charge in [-0.15, -0.1) is 11.8 Å². The maximum absolute atomic E-state index is 9.43. The largest absolute Gasteiger partial charge is 0.396 e. The average Bonchev–Trinajstić information content (AvgIpc) is 2.49. The van der Waals surface area contributed by atoms with Crippen LogP contribution in [0.1, 0.15) is 32.8 Å². The Kier molecular flexibility index (Phi) is 6.96. The van der Waals surface area contributed by atoms with Crippen LogP contribution in [-0.4, -0.2) is 60.0 Å². The summed E-state index contributed by atoms with van der Waals surface area (Å²) in [5, 5.41) is 9.43. The van der Waals surface area contributed by atoms with Gasteiger partial charge in [-0.25, -0.2) is 0 Å². The van der Waals surface area contributed by atoms with Crippen LogP contribution in [-0.2, 0) is 6.54 Å². The molecule has 1 unspecified atom stereocenters. The van der Waals surface area contributed by atoms with Crippen LogP contribution in [0.2, 0.25) is 0 Å². The maximum atomic E-state index is 9.43. The number of piperazine rings is 1. The van der Waals surface area contributed by atoms with Crippen molar-refractivity contribution >= 4 is 11.8 Å². The van der Waals surface area contributed by atoms with E-state index >= 15 is 0 Å². The predicted octanol–water partition coefficient (Wildman–Crippen LogP) is 3.32. The van der Waals surface area contributed by atoms with Crippen molar-refractivity contribution in [3.8, 4) is 0 Å². The third-order valence-corrected chi connectivity index (χ3v) is 5.09. The molecule has 0 aliphatic carbocycles. The summed E-state index contributed by atoms with van der Waals surface area (Å²) in [6, 6.07) is 9.32. The Bertz CT molecular complexity index is 487. The van der Waals surface area contributed by atoms with E-state index in [-0.39, 0.29) is 6.61 Å². The van der Waals surface area contributed by atoms with E-state index in [1.807, 2.05) is 0 Å². The number of benzene rings is 1. The van der Waals surface area contributed by atoms with E-state index in [0.717, 1.165) is 39.1 Å². The Morgan fingerprint density at radius 1 is 1.26 bits per heavy atom. The molecule has 1 saturated heterocycles. The molecule has 0 amide bonds. The molecule has 4 heteroatoms. The number of aliphatic hydroxyl groups is 1. The first-order valence-corrected chi connectivity index (χ1v) is 9.84. The number of hydrogen-bond acceptors (Lipinski definition) is 4. The fourth-order valence-electron chi connectivity index (χ4n) is 3.37. The molecule has 1 atom stereocenters. The second-order valence-electron chi connectivity index (χ2n) is 7.78. The lowest BCUT2D eigenvalue weighted by molar-refractivity contribution is 0.0339. The minimum absolute atomic E-state index is 0.279. The van der Waals surface area contributed by atoms with Crippen molar-refractivity contribution in [1.82, 2.24) is 9.80 Å². The van der Waals surface area contributed by atoms with Crippen LogP contribution >= 0.6 is 11.8 Å². The van der Waals surface area contributed by atoms with Crippen molar-refractivity contribution in [3.05, 3.63) is 29.8 Å². The summed E-state index contributed by atoms with van der Waals surface area (Å²) < 4.78 is 0. The monoisotopic (exact) mass is 336 g/mol. The van der Waals surface area contributed by atoms with Gasteiger partial charge in [0.05, 0.1) is 0 Å². The molecule has 130 valence electrons. The van der Waals surface area contributed by atoms with Crippen LogP contribution in [0.25, 0.3) is 0 Å². The summed E-state index contributed by atoms with van der Waals surface area (Å²) in [6.45, 7) is 12.6. The van der Waals surface area contributed by atoms with Crippen molar-refractivity contribution in [2.75, 3.05) is 39.0 Å². The number of thioether (sulfide) groups is 1. The van der Waals surface area contributed by atoms with Gasteiger partial charge in [0, 0.05) is 50.3 Å². The number of aliphatic hydroxyl groups excluding tert-OH is 1. The van der Waals surface area contributed by atoms with Crippen LogP contribution < -0.4 is 0 Å². The molecule has 3 nitrogen and oxygen atoms in total. The van der Waals surface area contributed by atoms with Gasteiger partial charge in [0.25, 0.3) is 0 Å². The zero-order valence-corrected chi connectivity index (χ0v) is 15.9. The summed E-state index contributed by atoms with van der Waals surface area (Å²) in [5.41, 5.74) is 1.70. The highest BCUT2D eigenvalue weighted by Gasteiger charge is 2.29. The molecule has 0 saturated carbocycles. The molecular formula is C19H32N2OS. The molecule has 0 spiro atoms. The lowest BCUT2D eigenvalue weighted by atomic mass is 9.94. The summed E-state index contributed by atoms with van der Waals surface area (Å²) in [5.74, 6) is 0. The SMILES string of the molecule is CSc1cccc(CN2CCN(CC(C)(C)C)C(CCO)C2)c1. The molecule has 1 aliphatic heterocycles. The van der Waals surface area contributed by atoms with Crippen molar-refractivity contribution in [1.29, 1.82) is 0 Å². The zero-order chi connectivity index (χ0) is 16.9. The van der Waals surface area contributed by atoms with Crippen molar-refractivity contribution < 1.29 is 5.11 Å². The van der Waals surface area contributed by atoms with Gasteiger partial charge < -0.3 is 5.11 Å². The fraction of sp³-hybridized carbons (Fsp3) is 0.684. The smallest absolute Gasteiger partial charge is 0.0446 e. The van der Waals surface area contributed by atoms with Gasteiger partial charge in [-0.3, -0.25) is 9.80 Å². The van der Waals surface area contributed by atoms with Crippen LogP contribution in [0.4, 0.5) is 0 Å². The topological polar surface area (TPSA) is 26.7 Å². The van der Waals surface area contributed by atoms with E-state index in [2.05, 4.69) is 61.1 Å². The quantitative estimate of drug-likeness (QED) is 0.806. The van der Waals surface area contributed by atoms with Crippen molar-refractivity contribution in [3.63, 3.8) is 0 Å². The van der Waals surface area contributed by atoms with Gasteiger partial charge in [-0.05, 0) is 35.8 Å². The zero-order valence-electron chi connectivity index (χ0n) is 15.1. The molecule has 2 rings (SSSR count). The Morgan fingerprint density at radius 2 is 2.04 bits per heavy atom.